The van der Waals surface area contributed by atoms with Crippen LogP contribution in [0.4, 0.5) is 0 Å². The van der Waals surface area contributed by atoms with E-state index in [4.69, 9.17) is 21.1 Å². The number of rotatable bonds is 3. The van der Waals surface area contributed by atoms with Gasteiger partial charge in [0.25, 0.3) is 0 Å². The summed E-state index contributed by atoms with van der Waals surface area (Å²) < 4.78 is 11.1. The van der Waals surface area contributed by atoms with Crippen LogP contribution >= 0.6 is 11.6 Å². The summed E-state index contributed by atoms with van der Waals surface area (Å²) in [5, 5.41) is 21.6. The average molecular weight is 337 g/mol. The minimum absolute atomic E-state index is 0.506. The van der Waals surface area contributed by atoms with Crippen molar-refractivity contribution in [2.24, 2.45) is 0 Å². The van der Waals surface area contributed by atoms with Gasteiger partial charge in [0, 0.05) is 19.6 Å². The van der Waals surface area contributed by atoms with Gasteiger partial charge in [0.15, 0.2) is 11.5 Å². The predicted octanol–water partition coefficient (Wildman–Crippen LogP) is 1.32. The Labute approximate surface area is 138 Å². The number of H-pyrrole nitrogens is 1. The van der Waals surface area contributed by atoms with Crippen molar-refractivity contribution in [3.8, 4) is 11.5 Å². The number of hydrogen-bond acceptors (Lipinski definition) is 6. The Bertz CT molecular complexity index is 709. The number of aliphatic hydroxyl groups is 1. The van der Waals surface area contributed by atoms with Crippen molar-refractivity contribution in [1.82, 2.24) is 20.3 Å². The van der Waals surface area contributed by atoms with Gasteiger partial charge in [-0.3, -0.25) is 4.90 Å². The number of likely N-dealkylation sites (tertiary alicyclic amines) is 1. The summed E-state index contributed by atoms with van der Waals surface area (Å²) in [5.41, 5.74) is 0.661. The van der Waals surface area contributed by atoms with Gasteiger partial charge in [-0.05, 0) is 24.1 Å². The van der Waals surface area contributed by atoms with Crippen LogP contribution in [-0.4, -0.2) is 51.7 Å². The number of aromatic nitrogens is 3. The molecule has 1 unspecified atom stereocenters. The van der Waals surface area contributed by atoms with Crippen molar-refractivity contribution in [2.45, 2.75) is 18.6 Å². The third kappa shape index (κ3) is 2.75. The summed E-state index contributed by atoms with van der Waals surface area (Å²) in [7, 11) is 0. The molecule has 1 fully saturated rings. The second-order valence-electron chi connectivity index (χ2n) is 5.95. The highest BCUT2D eigenvalue weighted by Gasteiger charge is 2.39. The summed E-state index contributed by atoms with van der Waals surface area (Å²) >= 11 is 6.27. The molecule has 3 heterocycles. The SMILES string of the molecule is OC1(c2cn[nH]n2)CCN(Cc2cc(Cl)c3c(c2)OCCO3)C1. The van der Waals surface area contributed by atoms with Gasteiger partial charge >= 0.3 is 0 Å². The van der Waals surface area contributed by atoms with Gasteiger partial charge in [-0.1, -0.05) is 11.6 Å². The van der Waals surface area contributed by atoms with Crippen LogP contribution in [0, 0.1) is 0 Å². The van der Waals surface area contributed by atoms with E-state index in [9.17, 15) is 5.11 Å². The number of hydrogen-bond donors (Lipinski definition) is 2. The molecule has 1 saturated heterocycles. The first-order valence-electron chi connectivity index (χ1n) is 7.53. The van der Waals surface area contributed by atoms with E-state index >= 15 is 0 Å². The van der Waals surface area contributed by atoms with Crippen molar-refractivity contribution in [2.75, 3.05) is 26.3 Å². The maximum absolute atomic E-state index is 10.7. The van der Waals surface area contributed by atoms with Gasteiger partial charge in [-0.2, -0.15) is 15.4 Å². The van der Waals surface area contributed by atoms with Crippen LogP contribution < -0.4 is 9.47 Å². The van der Waals surface area contributed by atoms with Gasteiger partial charge in [-0.15, -0.1) is 0 Å². The number of nitrogens with zero attached hydrogens (tertiary/aromatic N) is 3. The number of ether oxygens (including phenoxy) is 2. The van der Waals surface area contributed by atoms with Crippen LogP contribution in [-0.2, 0) is 12.1 Å². The summed E-state index contributed by atoms with van der Waals surface area (Å²) in [5.74, 6) is 1.30. The van der Waals surface area contributed by atoms with Gasteiger partial charge < -0.3 is 14.6 Å². The average Bonchev–Trinajstić information content (AvgIpc) is 3.18. The largest absolute Gasteiger partial charge is 0.486 e. The maximum atomic E-state index is 10.7. The third-order valence-electron chi connectivity index (χ3n) is 4.28. The lowest BCUT2D eigenvalue weighted by atomic mass is 10.00. The fourth-order valence-electron chi connectivity index (χ4n) is 3.15. The van der Waals surface area contributed by atoms with E-state index in [2.05, 4.69) is 20.3 Å². The van der Waals surface area contributed by atoms with Gasteiger partial charge in [0.2, 0.25) is 0 Å². The van der Waals surface area contributed by atoms with Crippen molar-refractivity contribution in [3.05, 3.63) is 34.6 Å². The fraction of sp³-hybridized carbons (Fsp3) is 0.467. The first-order chi connectivity index (χ1) is 11.1. The van der Waals surface area contributed by atoms with E-state index in [-0.39, 0.29) is 0 Å². The zero-order valence-corrected chi connectivity index (χ0v) is 13.2. The highest BCUT2D eigenvalue weighted by molar-refractivity contribution is 6.32. The molecule has 8 heteroatoms. The molecule has 0 spiro atoms. The lowest BCUT2D eigenvalue weighted by molar-refractivity contribution is 0.0408. The van der Waals surface area contributed by atoms with Gasteiger partial charge in [-0.25, -0.2) is 0 Å². The molecule has 0 saturated carbocycles. The molecule has 1 aromatic heterocycles. The van der Waals surface area contributed by atoms with E-state index in [1.165, 1.54) is 0 Å². The highest BCUT2D eigenvalue weighted by Crippen LogP contribution is 2.39. The van der Waals surface area contributed by atoms with Crippen molar-refractivity contribution < 1.29 is 14.6 Å². The number of benzene rings is 1. The monoisotopic (exact) mass is 336 g/mol. The molecule has 1 aromatic carbocycles. The number of nitrogens with one attached hydrogen (secondary N) is 1. The molecule has 122 valence electrons. The Hall–Kier alpha value is -1.83. The van der Waals surface area contributed by atoms with E-state index < -0.39 is 5.60 Å². The van der Waals surface area contributed by atoms with E-state index in [0.717, 1.165) is 12.1 Å². The fourth-order valence-corrected chi connectivity index (χ4v) is 3.44. The number of aromatic amines is 1. The van der Waals surface area contributed by atoms with Crippen LogP contribution in [0.25, 0.3) is 0 Å². The normalized spacial score (nSPS) is 24.1. The minimum atomic E-state index is -0.954. The molecule has 0 bridgehead atoms. The maximum Gasteiger partial charge on any atom is 0.179 e. The second-order valence-corrected chi connectivity index (χ2v) is 6.36. The molecule has 0 amide bonds. The molecular formula is C15H17ClN4O3. The molecule has 1 atom stereocenters. The Kier molecular flexibility index (Phi) is 3.63. The summed E-state index contributed by atoms with van der Waals surface area (Å²) in [6.07, 6.45) is 2.20. The quantitative estimate of drug-likeness (QED) is 0.879. The zero-order valence-electron chi connectivity index (χ0n) is 12.5. The molecule has 23 heavy (non-hydrogen) atoms. The van der Waals surface area contributed by atoms with Crippen LogP contribution in [0.1, 0.15) is 17.7 Å². The third-order valence-corrected chi connectivity index (χ3v) is 4.56. The van der Waals surface area contributed by atoms with E-state index in [1.54, 1.807) is 6.20 Å². The van der Waals surface area contributed by atoms with Crippen molar-refractivity contribution >= 4 is 11.6 Å². The van der Waals surface area contributed by atoms with Gasteiger partial charge in [0.05, 0.1) is 11.2 Å². The summed E-state index contributed by atoms with van der Waals surface area (Å²) in [6, 6.07) is 3.84. The molecule has 7 nitrogen and oxygen atoms in total. The molecular weight excluding hydrogens is 320 g/mol. The van der Waals surface area contributed by atoms with E-state index in [0.29, 0.717) is 54.9 Å². The van der Waals surface area contributed by atoms with Crippen LogP contribution in [0.2, 0.25) is 5.02 Å². The van der Waals surface area contributed by atoms with Crippen molar-refractivity contribution in [1.29, 1.82) is 0 Å². The molecule has 2 aliphatic heterocycles. The predicted molar refractivity (Wildman–Crippen MR) is 82.6 cm³/mol. The molecule has 4 rings (SSSR count). The Balaban J connectivity index is 1.50. The topological polar surface area (TPSA) is 83.5 Å². The molecule has 2 aliphatic rings. The number of fused-ring (bicyclic) bond motifs is 1. The van der Waals surface area contributed by atoms with E-state index in [1.807, 2.05) is 12.1 Å². The molecule has 2 N–H and O–H groups in total. The second kappa shape index (κ2) is 5.67. The zero-order chi connectivity index (χ0) is 15.9. The minimum Gasteiger partial charge on any atom is -0.486 e. The number of halogens is 1. The molecule has 0 aliphatic carbocycles. The summed E-state index contributed by atoms with van der Waals surface area (Å²) in [4.78, 5) is 2.16. The van der Waals surface area contributed by atoms with Crippen LogP contribution in [0.5, 0.6) is 11.5 Å². The first kappa shape index (κ1) is 14.7. The Morgan fingerprint density at radius 3 is 3.04 bits per heavy atom. The standard InChI is InChI=1S/C15H17ClN4O3/c16-11-5-10(6-12-14(11)23-4-3-22-12)8-20-2-1-15(21,9-20)13-7-17-19-18-13/h5-7,21H,1-4,8-9H2,(H,17,18,19). The molecule has 2 aromatic rings. The Morgan fingerprint density at radius 1 is 1.35 bits per heavy atom. The summed E-state index contributed by atoms with van der Waals surface area (Å²) in [6.45, 7) is 3.00. The smallest absolute Gasteiger partial charge is 0.179 e. The Morgan fingerprint density at radius 2 is 2.22 bits per heavy atom. The van der Waals surface area contributed by atoms with Gasteiger partial charge in [0.1, 0.15) is 24.5 Å². The number of β-amino-alcohol motifs (C(OH)–C–C–N with tert-alkyl or cyclic N) is 1. The van der Waals surface area contributed by atoms with Crippen LogP contribution in [0.15, 0.2) is 18.3 Å². The highest BCUT2D eigenvalue weighted by atomic mass is 35.5. The lowest BCUT2D eigenvalue weighted by Crippen LogP contribution is -2.31. The molecule has 0 radical (unpaired) electrons. The lowest BCUT2D eigenvalue weighted by Gasteiger charge is -2.23. The van der Waals surface area contributed by atoms with Crippen molar-refractivity contribution in [3.63, 3.8) is 0 Å². The van der Waals surface area contributed by atoms with Crippen LogP contribution in [0.3, 0.4) is 0 Å². The first-order valence-corrected chi connectivity index (χ1v) is 7.91.